The van der Waals surface area contributed by atoms with Crippen molar-refractivity contribution in [1.82, 2.24) is 4.98 Å². The zero-order valence-electron chi connectivity index (χ0n) is 15.1. The van der Waals surface area contributed by atoms with E-state index in [-0.39, 0.29) is 16.6 Å². The number of amides is 1. The Morgan fingerprint density at radius 2 is 2.00 bits per heavy atom. The van der Waals surface area contributed by atoms with Crippen molar-refractivity contribution in [2.45, 2.75) is 6.61 Å². The molecule has 5 nitrogen and oxygen atoms in total. The van der Waals surface area contributed by atoms with E-state index in [1.807, 2.05) is 0 Å². The van der Waals surface area contributed by atoms with Gasteiger partial charge in [0, 0.05) is 17.0 Å². The van der Waals surface area contributed by atoms with Crippen LogP contribution in [0.5, 0.6) is 11.5 Å². The first kappa shape index (κ1) is 20.4. The molecular weight excluding hydrogens is 405 g/mol. The molecule has 0 saturated carbocycles. The van der Waals surface area contributed by atoms with E-state index in [1.54, 1.807) is 29.6 Å². The number of alkyl halides is 2. The molecule has 0 saturated heterocycles. The molecule has 150 valence electrons. The first-order valence-electron chi connectivity index (χ1n) is 8.28. The number of para-hydroxylation sites is 1. The van der Waals surface area contributed by atoms with Crippen molar-refractivity contribution < 1.29 is 27.4 Å². The van der Waals surface area contributed by atoms with E-state index in [0.717, 1.165) is 11.3 Å². The number of ether oxygens (including phenoxy) is 2. The van der Waals surface area contributed by atoms with Crippen LogP contribution >= 0.6 is 11.3 Å². The second-order valence-electron chi connectivity index (χ2n) is 5.63. The van der Waals surface area contributed by atoms with E-state index in [1.165, 1.54) is 37.5 Å². The smallest absolute Gasteiger partial charge is 0.387 e. The molecule has 0 radical (unpaired) electrons. The molecule has 0 atom stereocenters. The third-order valence-corrected chi connectivity index (χ3v) is 4.47. The Morgan fingerprint density at radius 3 is 2.72 bits per heavy atom. The summed E-state index contributed by atoms with van der Waals surface area (Å²) in [6, 6.07) is 10.5. The highest BCUT2D eigenvalue weighted by molar-refractivity contribution is 7.14. The van der Waals surface area contributed by atoms with Gasteiger partial charge in [-0.15, -0.1) is 11.3 Å². The summed E-state index contributed by atoms with van der Waals surface area (Å²) >= 11 is 1.13. The Balaban J connectivity index is 1.69. The van der Waals surface area contributed by atoms with Crippen molar-refractivity contribution in [3.63, 3.8) is 0 Å². The van der Waals surface area contributed by atoms with Gasteiger partial charge in [0.2, 0.25) is 5.91 Å². The van der Waals surface area contributed by atoms with E-state index >= 15 is 0 Å². The summed E-state index contributed by atoms with van der Waals surface area (Å²) in [7, 11) is 1.36. The van der Waals surface area contributed by atoms with Gasteiger partial charge < -0.3 is 9.47 Å². The summed E-state index contributed by atoms with van der Waals surface area (Å²) in [4.78, 5) is 16.3. The van der Waals surface area contributed by atoms with Crippen molar-refractivity contribution >= 4 is 28.5 Å². The number of nitrogens with zero attached hydrogens (tertiary/aromatic N) is 1. The van der Waals surface area contributed by atoms with Gasteiger partial charge >= 0.3 is 6.61 Å². The van der Waals surface area contributed by atoms with Crippen LogP contribution in [0, 0.1) is 5.82 Å². The minimum atomic E-state index is -2.96. The van der Waals surface area contributed by atoms with Gasteiger partial charge in [0.05, 0.1) is 12.8 Å². The number of hydrogen-bond donors (Lipinski definition) is 1. The Bertz CT molecular complexity index is 1040. The molecule has 1 heterocycles. The van der Waals surface area contributed by atoms with Gasteiger partial charge in [-0.3, -0.25) is 10.1 Å². The van der Waals surface area contributed by atoms with Crippen LogP contribution < -0.4 is 14.8 Å². The van der Waals surface area contributed by atoms with Gasteiger partial charge in [0.15, 0.2) is 16.7 Å². The molecule has 0 bridgehead atoms. The fourth-order valence-corrected chi connectivity index (χ4v) is 3.15. The maximum Gasteiger partial charge on any atom is 0.387 e. The molecule has 0 unspecified atom stereocenters. The first-order valence-corrected chi connectivity index (χ1v) is 9.16. The monoisotopic (exact) mass is 420 g/mol. The standard InChI is InChI=1S/C20H15F3N2O3S/c1-27-17-8-6-12(10-14(17)21)7-9-18(26)25-20-24-15(11-29-20)13-4-2-3-5-16(13)28-19(22)23/h2-11,19H,1H3,(H,24,25,26)/b9-7+. The van der Waals surface area contributed by atoms with E-state index in [2.05, 4.69) is 15.0 Å². The van der Waals surface area contributed by atoms with E-state index < -0.39 is 18.3 Å². The minimum Gasteiger partial charge on any atom is -0.494 e. The average molecular weight is 420 g/mol. The van der Waals surface area contributed by atoms with Gasteiger partial charge in [-0.2, -0.15) is 8.78 Å². The van der Waals surface area contributed by atoms with Crippen molar-refractivity contribution in [2.75, 3.05) is 12.4 Å². The normalized spacial score (nSPS) is 11.1. The lowest BCUT2D eigenvalue weighted by atomic mass is 10.1. The topological polar surface area (TPSA) is 60.5 Å². The molecule has 1 aromatic heterocycles. The number of carbonyl (C=O) groups excluding carboxylic acids is 1. The maximum absolute atomic E-state index is 13.7. The molecule has 0 aliphatic heterocycles. The number of halogens is 3. The molecule has 3 rings (SSSR count). The largest absolute Gasteiger partial charge is 0.494 e. The van der Waals surface area contributed by atoms with Crippen LogP contribution in [0.15, 0.2) is 53.9 Å². The number of nitrogens with one attached hydrogen (secondary N) is 1. The van der Waals surface area contributed by atoms with Crippen LogP contribution in [-0.4, -0.2) is 24.6 Å². The quantitative estimate of drug-likeness (QED) is 0.533. The average Bonchev–Trinajstić information content (AvgIpc) is 3.14. The van der Waals surface area contributed by atoms with Gasteiger partial charge in [0.25, 0.3) is 0 Å². The van der Waals surface area contributed by atoms with E-state index in [4.69, 9.17) is 4.74 Å². The highest BCUT2D eigenvalue weighted by atomic mass is 32.1. The molecule has 2 aromatic carbocycles. The van der Waals surface area contributed by atoms with Gasteiger partial charge in [-0.1, -0.05) is 18.2 Å². The van der Waals surface area contributed by atoms with E-state index in [9.17, 15) is 18.0 Å². The highest BCUT2D eigenvalue weighted by Crippen LogP contribution is 2.33. The molecule has 0 spiro atoms. The van der Waals surface area contributed by atoms with E-state index in [0.29, 0.717) is 16.8 Å². The lowest BCUT2D eigenvalue weighted by Gasteiger charge is -2.08. The van der Waals surface area contributed by atoms with Crippen molar-refractivity contribution in [2.24, 2.45) is 0 Å². The number of methoxy groups -OCH3 is 1. The van der Waals surface area contributed by atoms with Gasteiger partial charge in [-0.05, 0) is 35.9 Å². The first-order chi connectivity index (χ1) is 14.0. The van der Waals surface area contributed by atoms with Crippen LogP contribution in [-0.2, 0) is 4.79 Å². The number of aromatic nitrogens is 1. The van der Waals surface area contributed by atoms with Gasteiger partial charge in [-0.25, -0.2) is 9.37 Å². The van der Waals surface area contributed by atoms with Crippen LogP contribution in [0.25, 0.3) is 17.3 Å². The van der Waals surface area contributed by atoms with Crippen LogP contribution in [0.2, 0.25) is 0 Å². The predicted octanol–water partition coefficient (Wildman–Crippen LogP) is 5.21. The Labute approximate surface area is 168 Å². The molecule has 0 fully saturated rings. The number of carbonyl (C=O) groups is 1. The number of rotatable bonds is 7. The molecular formula is C20H15F3N2O3S. The molecule has 29 heavy (non-hydrogen) atoms. The number of anilines is 1. The maximum atomic E-state index is 13.7. The van der Waals surface area contributed by atoms with Crippen LogP contribution in [0.1, 0.15) is 5.56 Å². The molecule has 0 aliphatic carbocycles. The molecule has 9 heteroatoms. The van der Waals surface area contributed by atoms with Crippen molar-refractivity contribution in [1.29, 1.82) is 0 Å². The summed E-state index contributed by atoms with van der Waals surface area (Å²) in [6.07, 6.45) is 2.67. The summed E-state index contributed by atoms with van der Waals surface area (Å²) in [6.45, 7) is -2.96. The molecule has 0 aliphatic rings. The highest BCUT2D eigenvalue weighted by Gasteiger charge is 2.14. The Kier molecular flexibility index (Phi) is 6.50. The molecule has 1 N–H and O–H groups in total. The summed E-state index contributed by atoms with van der Waals surface area (Å²) < 4.78 is 48.1. The van der Waals surface area contributed by atoms with Crippen LogP contribution in [0.4, 0.5) is 18.3 Å². The molecule has 1 amide bonds. The predicted molar refractivity (Wildman–Crippen MR) is 105 cm³/mol. The second kappa shape index (κ2) is 9.24. The van der Waals surface area contributed by atoms with Crippen LogP contribution in [0.3, 0.4) is 0 Å². The summed E-state index contributed by atoms with van der Waals surface area (Å²) in [5, 5.41) is 4.47. The fourth-order valence-electron chi connectivity index (χ4n) is 2.44. The third-order valence-electron chi connectivity index (χ3n) is 3.72. The number of thiazole rings is 1. The SMILES string of the molecule is COc1ccc(/C=C/C(=O)Nc2nc(-c3ccccc3OC(F)F)cs2)cc1F. The van der Waals surface area contributed by atoms with Gasteiger partial charge in [0.1, 0.15) is 5.75 Å². The van der Waals surface area contributed by atoms with Crippen molar-refractivity contribution in [3.05, 3.63) is 65.3 Å². The second-order valence-corrected chi connectivity index (χ2v) is 6.49. The Morgan fingerprint density at radius 1 is 1.21 bits per heavy atom. The lowest BCUT2D eigenvalue weighted by molar-refractivity contribution is -0.111. The lowest BCUT2D eigenvalue weighted by Crippen LogP contribution is -2.07. The number of benzene rings is 2. The molecule has 3 aromatic rings. The zero-order chi connectivity index (χ0) is 20.8. The number of hydrogen-bond acceptors (Lipinski definition) is 5. The fraction of sp³-hybridized carbons (Fsp3) is 0.100. The zero-order valence-corrected chi connectivity index (χ0v) is 15.9. The summed E-state index contributed by atoms with van der Waals surface area (Å²) in [5.74, 6) is -0.909. The summed E-state index contributed by atoms with van der Waals surface area (Å²) in [5.41, 5.74) is 1.26. The minimum absolute atomic E-state index is 0.00731. The Hall–Kier alpha value is -3.33. The third kappa shape index (κ3) is 5.35. The van der Waals surface area contributed by atoms with Crippen molar-refractivity contribution in [3.8, 4) is 22.8 Å².